The SMILES string of the molecule is O=C(NC(CN1CCOCC1)c1ccccc1)C1CC(=O)N(c2ccccc2Cl)C1. The Labute approximate surface area is 181 Å². The Morgan fingerprint density at radius 2 is 1.80 bits per heavy atom. The zero-order valence-corrected chi connectivity index (χ0v) is 17.6. The summed E-state index contributed by atoms with van der Waals surface area (Å²) in [4.78, 5) is 29.6. The summed E-state index contributed by atoms with van der Waals surface area (Å²) in [7, 11) is 0. The third kappa shape index (κ3) is 4.83. The van der Waals surface area contributed by atoms with E-state index in [4.69, 9.17) is 16.3 Å². The molecule has 0 aliphatic carbocycles. The quantitative estimate of drug-likeness (QED) is 0.770. The van der Waals surface area contributed by atoms with Crippen LogP contribution in [0.2, 0.25) is 5.02 Å². The molecule has 2 aliphatic rings. The van der Waals surface area contributed by atoms with Gasteiger partial charge in [0.05, 0.1) is 35.9 Å². The van der Waals surface area contributed by atoms with E-state index in [9.17, 15) is 9.59 Å². The molecule has 0 bridgehead atoms. The van der Waals surface area contributed by atoms with E-state index in [-0.39, 0.29) is 24.3 Å². The van der Waals surface area contributed by atoms with Crippen LogP contribution in [0.5, 0.6) is 0 Å². The first-order chi connectivity index (χ1) is 14.6. The van der Waals surface area contributed by atoms with Gasteiger partial charge in [-0.15, -0.1) is 0 Å². The van der Waals surface area contributed by atoms with Gasteiger partial charge in [0.15, 0.2) is 0 Å². The molecule has 2 aliphatic heterocycles. The average Bonchev–Trinajstić information content (AvgIpc) is 3.16. The Morgan fingerprint density at radius 3 is 2.53 bits per heavy atom. The second kappa shape index (κ2) is 9.60. The molecule has 2 saturated heterocycles. The molecular weight excluding hydrogens is 402 g/mol. The number of ether oxygens (including phenoxy) is 1. The highest BCUT2D eigenvalue weighted by molar-refractivity contribution is 6.33. The van der Waals surface area contributed by atoms with Gasteiger partial charge in [-0.3, -0.25) is 14.5 Å². The van der Waals surface area contributed by atoms with E-state index in [0.29, 0.717) is 37.0 Å². The Kier molecular flexibility index (Phi) is 6.67. The zero-order chi connectivity index (χ0) is 20.9. The van der Waals surface area contributed by atoms with E-state index in [2.05, 4.69) is 10.2 Å². The van der Waals surface area contributed by atoms with E-state index in [1.165, 1.54) is 0 Å². The first kappa shape index (κ1) is 20.8. The summed E-state index contributed by atoms with van der Waals surface area (Å²) < 4.78 is 5.44. The number of nitrogens with zero attached hydrogens (tertiary/aromatic N) is 2. The first-order valence-corrected chi connectivity index (χ1v) is 10.7. The van der Waals surface area contributed by atoms with Crippen molar-refractivity contribution in [3.8, 4) is 0 Å². The van der Waals surface area contributed by atoms with Gasteiger partial charge < -0.3 is 15.0 Å². The van der Waals surface area contributed by atoms with Crippen LogP contribution in [0, 0.1) is 5.92 Å². The second-order valence-corrected chi connectivity index (χ2v) is 8.15. The number of carbonyl (C=O) groups is 2. The number of benzene rings is 2. The molecule has 2 aromatic carbocycles. The fraction of sp³-hybridized carbons (Fsp3) is 0.391. The molecule has 4 rings (SSSR count). The molecule has 30 heavy (non-hydrogen) atoms. The Balaban J connectivity index is 1.45. The predicted octanol–water partition coefficient (Wildman–Crippen LogP) is 2.88. The minimum absolute atomic E-state index is 0.0762. The number of para-hydroxylation sites is 1. The number of morpholine rings is 1. The summed E-state index contributed by atoms with van der Waals surface area (Å²) in [5.74, 6) is -0.572. The van der Waals surface area contributed by atoms with Crippen molar-refractivity contribution in [1.29, 1.82) is 0 Å². The number of hydrogen-bond acceptors (Lipinski definition) is 4. The monoisotopic (exact) mass is 427 g/mol. The van der Waals surface area contributed by atoms with E-state index in [1.807, 2.05) is 48.5 Å². The Morgan fingerprint density at radius 1 is 1.10 bits per heavy atom. The summed E-state index contributed by atoms with van der Waals surface area (Å²) in [5, 5.41) is 3.71. The van der Waals surface area contributed by atoms with Gasteiger partial charge in [-0.2, -0.15) is 0 Å². The number of carbonyl (C=O) groups excluding carboxylic acids is 2. The molecule has 2 heterocycles. The molecule has 6 nitrogen and oxygen atoms in total. The lowest BCUT2D eigenvalue weighted by atomic mass is 10.0. The van der Waals surface area contributed by atoms with Gasteiger partial charge >= 0.3 is 0 Å². The maximum atomic E-state index is 13.1. The van der Waals surface area contributed by atoms with Crippen LogP contribution in [-0.2, 0) is 14.3 Å². The van der Waals surface area contributed by atoms with E-state index >= 15 is 0 Å². The van der Waals surface area contributed by atoms with Crippen molar-refractivity contribution in [3.63, 3.8) is 0 Å². The van der Waals surface area contributed by atoms with Crippen molar-refractivity contribution in [2.75, 3.05) is 44.3 Å². The standard InChI is InChI=1S/C23H26ClN3O3/c24-19-8-4-5-9-21(19)27-15-18(14-22(27)28)23(29)25-20(17-6-2-1-3-7-17)16-26-10-12-30-13-11-26/h1-9,18,20H,10-16H2,(H,25,29). The summed E-state index contributed by atoms with van der Waals surface area (Å²) in [6.45, 7) is 4.17. The fourth-order valence-corrected chi connectivity index (χ4v) is 4.28. The van der Waals surface area contributed by atoms with Crippen molar-refractivity contribution in [3.05, 3.63) is 65.2 Å². The van der Waals surface area contributed by atoms with Gasteiger partial charge in [-0.05, 0) is 17.7 Å². The lowest BCUT2D eigenvalue weighted by Gasteiger charge is -2.31. The Bertz CT molecular complexity index is 886. The van der Waals surface area contributed by atoms with Crippen molar-refractivity contribution < 1.29 is 14.3 Å². The number of amides is 2. The van der Waals surface area contributed by atoms with Crippen molar-refractivity contribution in [2.24, 2.45) is 5.92 Å². The van der Waals surface area contributed by atoms with Crippen molar-refractivity contribution >= 4 is 29.1 Å². The number of rotatable bonds is 6. The van der Waals surface area contributed by atoms with Crippen molar-refractivity contribution in [1.82, 2.24) is 10.2 Å². The van der Waals surface area contributed by atoms with Crippen LogP contribution in [-0.4, -0.2) is 56.1 Å². The predicted molar refractivity (Wildman–Crippen MR) is 116 cm³/mol. The zero-order valence-electron chi connectivity index (χ0n) is 16.8. The summed E-state index contributed by atoms with van der Waals surface area (Å²) in [6.07, 6.45) is 0.191. The van der Waals surface area contributed by atoms with E-state index in [1.54, 1.807) is 11.0 Å². The maximum absolute atomic E-state index is 13.1. The maximum Gasteiger partial charge on any atom is 0.227 e. The van der Waals surface area contributed by atoms with Gasteiger partial charge in [0, 0.05) is 32.6 Å². The van der Waals surface area contributed by atoms with Crippen LogP contribution in [0.3, 0.4) is 0 Å². The number of anilines is 1. The van der Waals surface area contributed by atoms with Crippen LogP contribution in [0.25, 0.3) is 0 Å². The lowest BCUT2D eigenvalue weighted by Crippen LogP contribution is -2.44. The first-order valence-electron chi connectivity index (χ1n) is 10.3. The third-order valence-electron chi connectivity index (χ3n) is 5.70. The van der Waals surface area contributed by atoms with Crippen molar-refractivity contribution in [2.45, 2.75) is 12.5 Å². The van der Waals surface area contributed by atoms with Gasteiger partial charge in [-0.1, -0.05) is 54.1 Å². The molecule has 2 fully saturated rings. The lowest BCUT2D eigenvalue weighted by molar-refractivity contribution is -0.127. The van der Waals surface area contributed by atoms with Gasteiger partial charge in [0.2, 0.25) is 11.8 Å². The molecule has 2 atom stereocenters. The average molecular weight is 428 g/mol. The van der Waals surface area contributed by atoms with Gasteiger partial charge in [0.1, 0.15) is 0 Å². The topological polar surface area (TPSA) is 61.9 Å². The summed E-state index contributed by atoms with van der Waals surface area (Å²) >= 11 is 6.26. The summed E-state index contributed by atoms with van der Waals surface area (Å²) in [5.41, 5.74) is 1.72. The van der Waals surface area contributed by atoms with Crippen LogP contribution in [0.4, 0.5) is 5.69 Å². The van der Waals surface area contributed by atoms with Crippen LogP contribution in [0.1, 0.15) is 18.0 Å². The molecule has 2 aromatic rings. The smallest absolute Gasteiger partial charge is 0.227 e. The normalized spacial score (nSPS) is 20.9. The Hall–Kier alpha value is -2.41. The second-order valence-electron chi connectivity index (χ2n) is 7.74. The van der Waals surface area contributed by atoms with Crippen LogP contribution in [0.15, 0.2) is 54.6 Å². The van der Waals surface area contributed by atoms with E-state index in [0.717, 1.165) is 18.7 Å². The molecule has 0 aromatic heterocycles. The fourth-order valence-electron chi connectivity index (χ4n) is 4.04. The summed E-state index contributed by atoms with van der Waals surface area (Å²) in [6, 6.07) is 17.1. The minimum atomic E-state index is -0.398. The number of halogens is 1. The van der Waals surface area contributed by atoms with E-state index < -0.39 is 5.92 Å². The molecular formula is C23H26ClN3O3. The highest BCUT2D eigenvalue weighted by Crippen LogP contribution is 2.31. The largest absolute Gasteiger partial charge is 0.379 e. The highest BCUT2D eigenvalue weighted by atomic mass is 35.5. The van der Waals surface area contributed by atoms with Gasteiger partial charge in [-0.25, -0.2) is 0 Å². The molecule has 0 spiro atoms. The molecule has 7 heteroatoms. The molecule has 2 amide bonds. The van der Waals surface area contributed by atoms with Crippen LogP contribution < -0.4 is 10.2 Å². The third-order valence-corrected chi connectivity index (χ3v) is 6.02. The highest BCUT2D eigenvalue weighted by Gasteiger charge is 2.36. The minimum Gasteiger partial charge on any atom is -0.379 e. The van der Waals surface area contributed by atoms with Crippen LogP contribution >= 0.6 is 11.6 Å². The number of nitrogens with one attached hydrogen (secondary N) is 1. The molecule has 1 N–H and O–H groups in total. The molecule has 2 unspecified atom stereocenters. The van der Waals surface area contributed by atoms with Gasteiger partial charge in [0.25, 0.3) is 0 Å². The molecule has 0 radical (unpaired) electrons. The molecule has 158 valence electrons. The molecule has 0 saturated carbocycles. The number of hydrogen-bond donors (Lipinski definition) is 1.